The summed E-state index contributed by atoms with van der Waals surface area (Å²) in [6.07, 6.45) is 14.4. The molecule has 1 aromatic carbocycles. The molecule has 2 saturated carbocycles. The van der Waals surface area contributed by atoms with Gasteiger partial charge >= 0.3 is 5.97 Å². The highest BCUT2D eigenvalue weighted by Crippen LogP contribution is 2.42. The molecule has 2 aliphatic carbocycles. The maximum atomic E-state index is 12.4. The first-order valence-electron chi connectivity index (χ1n) is 10.2. The lowest BCUT2D eigenvalue weighted by atomic mass is 9.69. The third-order valence-electron chi connectivity index (χ3n) is 6.47. The van der Waals surface area contributed by atoms with Gasteiger partial charge in [0.15, 0.2) is 0 Å². The van der Waals surface area contributed by atoms with Crippen LogP contribution in [0.4, 0.5) is 0 Å². The Hall–Kier alpha value is -1.28. The van der Waals surface area contributed by atoms with E-state index < -0.39 is 0 Å². The van der Waals surface area contributed by atoms with Gasteiger partial charge in [0.05, 0.1) is 5.92 Å². The van der Waals surface area contributed by atoms with Gasteiger partial charge in [-0.15, -0.1) is 6.58 Å². The molecule has 0 bridgehead atoms. The van der Waals surface area contributed by atoms with Gasteiger partial charge in [-0.1, -0.05) is 30.5 Å². The molecule has 26 heavy (non-hydrogen) atoms. The van der Waals surface area contributed by atoms with E-state index in [4.69, 9.17) is 16.3 Å². The van der Waals surface area contributed by atoms with E-state index >= 15 is 0 Å². The summed E-state index contributed by atoms with van der Waals surface area (Å²) in [5.41, 5.74) is 0. The first-order valence-corrected chi connectivity index (χ1v) is 10.6. The van der Waals surface area contributed by atoms with E-state index in [1.165, 1.54) is 44.9 Å². The summed E-state index contributed by atoms with van der Waals surface area (Å²) < 4.78 is 5.54. The van der Waals surface area contributed by atoms with Crippen LogP contribution in [-0.2, 0) is 4.79 Å². The molecule has 0 amide bonds. The molecule has 2 aliphatic rings. The number of halogens is 1. The van der Waals surface area contributed by atoms with Crippen molar-refractivity contribution in [3.63, 3.8) is 0 Å². The Bertz CT molecular complexity index is 579. The molecule has 1 aromatic rings. The van der Waals surface area contributed by atoms with Crippen LogP contribution in [0.1, 0.15) is 64.2 Å². The monoisotopic (exact) mass is 374 g/mol. The van der Waals surface area contributed by atoms with Crippen molar-refractivity contribution >= 4 is 17.6 Å². The van der Waals surface area contributed by atoms with Crippen LogP contribution < -0.4 is 4.74 Å². The fourth-order valence-corrected chi connectivity index (χ4v) is 4.96. The normalized spacial score (nSPS) is 29.1. The molecule has 0 saturated heterocycles. The molecule has 2 fully saturated rings. The molecule has 2 nitrogen and oxygen atoms in total. The van der Waals surface area contributed by atoms with Gasteiger partial charge in [0.2, 0.25) is 0 Å². The molecule has 0 atom stereocenters. The third-order valence-corrected chi connectivity index (χ3v) is 6.73. The summed E-state index contributed by atoms with van der Waals surface area (Å²) in [4.78, 5) is 12.4. The molecule has 0 N–H and O–H groups in total. The maximum Gasteiger partial charge on any atom is 0.314 e. The Kier molecular flexibility index (Phi) is 7.19. The first-order chi connectivity index (χ1) is 12.7. The van der Waals surface area contributed by atoms with Crippen molar-refractivity contribution in [1.82, 2.24) is 0 Å². The number of hydrogen-bond donors (Lipinski definition) is 0. The van der Waals surface area contributed by atoms with Crippen LogP contribution in [0.3, 0.4) is 0 Å². The van der Waals surface area contributed by atoms with Crippen molar-refractivity contribution in [2.45, 2.75) is 64.2 Å². The van der Waals surface area contributed by atoms with E-state index in [1.807, 2.05) is 0 Å². The molecule has 0 aromatic heterocycles. The smallest absolute Gasteiger partial charge is 0.314 e. The number of ether oxygens (including phenoxy) is 1. The number of hydrogen-bond acceptors (Lipinski definition) is 2. The van der Waals surface area contributed by atoms with Crippen LogP contribution >= 0.6 is 11.6 Å². The number of allylic oxidation sites excluding steroid dienone is 1. The van der Waals surface area contributed by atoms with Gasteiger partial charge in [0.25, 0.3) is 0 Å². The SMILES string of the molecule is C=CCC[C@H]1CC[C@H]([C@H]2CC[C@H](C(=O)Oc3ccc(Cl)cc3)CC2)CC1. The Balaban J connectivity index is 1.40. The molecule has 0 unspecified atom stereocenters. The Morgan fingerprint density at radius 1 is 1.00 bits per heavy atom. The first kappa shape index (κ1) is 19.5. The minimum Gasteiger partial charge on any atom is -0.426 e. The average Bonchev–Trinajstić information content (AvgIpc) is 2.68. The van der Waals surface area contributed by atoms with Gasteiger partial charge in [-0.25, -0.2) is 0 Å². The minimum absolute atomic E-state index is 0.0610. The molecule has 142 valence electrons. The second-order valence-electron chi connectivity index (χ2n) is 8.13. The summed E-state index contributed by atoms with van der Waals surface area (Å²) in [5.74, 6) is 3.19. The van der Waals surface area contributed by atoms with Crippen LogP contribution in [0.25, 0.3) is 0 Å². The lowest BCUT2D eigenvalue weighted by Gasteiger charge is -2.37. The number of benzene rings is 1. The van der Waals surface area contributed by atoms with Crippen LogP contribution in [0, 0.1) is 23.7 Å². The molecule has 0 radical (unpaired) electrons. The molecular weight excluding hydrogens is 344 g/mol. The molecule has 3 rings (SSSR count). The van der Waals surface area contributed by atoms with Gasteiger partial charge in [-0.3, -0.25) is 4.79 Å². The average molecular weight is 375 g/mol. The topological polar surface area (TPSA) is 26.3 Å². The van der Waals surface area contributed by atoms with Crippen molar-refractivity contribution in [3.8, 4) is 5.75 Å². The number of esters is 1. The Labute approximate surface area is 163 Å². The highest BCUT2D eigenvalue weighted by molar-refractivity contribution is 6.30. The van der Waals surface area contributed by atoms with E-state index in [9.17, 15) is 4.79 Å². The van der Waals surface area contributed by atoms with E-state index in [0.29, 0.717) is 10.8 Å². The number of carbonyl (C=O) groups is 1. The number of rotatable bonds is 6. The maximum absolute atomic E-state index is 12.4. The largest absolute Gasteiger partial charge is 0.426 e. The number of carbonyl (C=O) groups excluding carboxylic acids is 1. The van der Waals surface area contributed by atoms with E-state index in [0.717, 1.165) is 37.0 Å². The molecule has 0 aliphatic heterocycles. The van der Waals surface area contributed by atoms with E-state index in [1.54, 1.807) is 24.3 Å². The van der Waals surface area contributed by atoms with Gasteiger partial charge in [0.1, 0.15) is 5.75 Å². The second-order valence-corrected chi connectivity index (χ2v) is 8.57. The van der Waals surface area contributed by atoms with Gasteiger partial charge in [-0.2, -0.15) is 0 Å². The van der Waals surface area contributed by atoms with Gasteiger partial charge in [0, 0.05) is 5.02 Å². The standard InChI is InChI=1S/C23H31ClO2/c1-2-3-4-17-5-7-18(8-6-17)19-9-11-20(12-10-19)23(25)26-22-15-13-21(24)14-16-22/h2,13-20H,1,3-12H2/t17-,18-,19-,20-. The van der Waals surface area contributed by atoms with Crippen molar-refractivity contribution in [2.24, 2.45) is 23.7 Å². The van der Waals surface area contributed by atoms with E-state index in [2.05, 4.69) is 12.7 Å². The predicted molar refractivity (Wildman–Crippen MR) is 107 cm³/mol. The Morgan fingerprint density at radius 2 is 1.58 bits per heavy atom. The highest BCUT2D eigenvalue weighted by Gasteiger charge is 2.33. The second kappa shape index (κ2) is 9.60. The zero-order valence-corrected chi connectivity index (χ0v) is 16.4. The van der Waals surface area contributed by atoms with Crippen LogP contribution in [0.2, 0.25) is 5.02 Å². The molecule has 0 spiro atoms. The summed E-state index contributed by atoms with van der Waals surface area (Å²) >= 11 is 5.88. The van der Waals surface area contributed by atoms with Crippen LogP contribution in [0.15, 0.2) is 36.9 Å². The highest BCUT2D eigenvalue weighted by atomic mass is 35.5. The zero-order valence-electron chi connectivity index (χ0n) is 15.7. The van der Waals surface area contributed by atoms with Crippen molar-refractivity contribution in [2.75, 3.05) is 0 Å². The quantitative estimate of drug-likeness (QED) is 0.310. The van der Waals surface area contributed by atoms with E-state index in [-0.39, 0.29) is 11.9 Å². The van der Waals surface area contributed by atoms with Crippen molar-refractivity contribution < 1.29 is 9.53 Å². The predicted octanol–water partition coefficient (Wildman–Crippen LogP) is 6.82. The Morgan fingerprint density at radius 3 is 2.15 bits per heavy atom. The summed E-state index contributed by atoms with van der Waals surface area (Å²) in [6.45, 7) is 3.84. The summed E-state index contributed by atoms with van der Waals surface area (Å²) in [5, 5.41) is 0.657. The minimum atomic E-state index is -0.0705. The molecule has 3 heteroatoms. The summed E-state index contributed by atoms with van der Waals surface area (Å²) in [6, 6.07) is 7.03. The third kappa shape index (κ3) is 5.36. The van der Waals surface area contributed by atoms with Crippen molar-refractivity contribution in [3.05, 3.63) is 41.9 Å². The fraction of sp³-hybridized carbons (Fsp3) is 0.609. The molecule has 0 heterocycles. The zero-order chi connectivity index (χ0) is 18.4. The van der Waals surface area contributed by atoms with Gasteiger partial charge < -0.3 is 4.74 Å². The van der Waals surface area contributed by atoms with Crippen LogP contribution in [-0.4, -0.2) is 5.97 Å². The molecular formula is C23H31ClO2. The summed E-state index contributed by atoms with van der Waals surface area (Å²) in [7, 11) is 0. The van der Waals surface area contributed by atoms with Crippen molar-refractivity contribution in [1.29, 1.82) is 0 Å². The van der Waals surface area contributed by atoms with Crippen LogP contribution in [0.5, 0.6) is 5.75 Å². The fourth-order valence-electron chi connectivity index (χ4n) is 4.83. The lowest BCUT2D eigenvalue weighted by molar-refractivity contribution is -0.140. The van der Waals surface area contributed by atoms with Gasteiger partial charge in [-0.05, 0) is 93.4 Å². The lowest BCUT2D eigenvalue weighted by Crippen LogP contribution is -2.30.